The summed E-state index contributed by atoms with van der Waals surface area (Å²) in [6, 6.07) is 11.9. The minimum absolute atomic E-state index is 0.152. The van der Waals surface area contributed by atoms with Gasteiger partial charge < -0.3 is 19.4 Å². The van der Waals surface area contributed by atoms with Gasteiger partial charge >= 0.3 is 0 Å². The number of nitrogens with one attached hydrogen (secondary N) is 1. The standard InChI is InChI=1S/C17H15ClN2O4/c18-12-4-1-3-11(9-12)14(21)6-7-19-17(22)13-10-16(24-20-13)15-5-2-8-23-15/h1-5,8-10,14,21H,6-7H2,(H,19,22)/t14-/m1/s1. The third kappa shape index (κ3) is 3.84. The summed E-state index contributed by atoms with van der Waals surface area (Å²) >= 11 is 5.89. The summed E-state index contributed by atoms with van der Waals surface area (Å²) in [6.45, 7) is 0.287. The van der Waals surface area contributed by atoms with E-state index in [9.17, 15) is 9.90 Å². The smallest absolute Gasteiger partial charge is 0.273 e. The topological polar surface area (TPSA) is 88.5 Å². The molecule has 6 nitrogen and oxygen atoms in total. The maximum absolute atomic E-state index is 12.0. The summed E-state index contributed by atoms with van der Waals surface area (Å²) in [5.74, 6) is 0.497. The number of aromatic nitrogens is 1. The van der Waals surface area contributed by atoms with E-state index in [1.54, 1.807) is 36.4 Å². The molecule has 24 heavy (non-hydrogen) atoms. The predicted molar refractivity (Wildman–Crippen MR) is 87.6 cm³/mol. The number of amides is 1. The molecule has 0 fully saturated rings. The Balaban J connectivity index is 1.52. The number of rotatable bonds is 6. The van der Waals surface area contributed by atoms with Crippen LogP contribution in [0.5, 0.6) is 0 Å². The Bertz CT molecular complexity index is 814. The van der Waals surface area contributed by atoms with Gasteiger partial charge in [0.25, 0.3) is 5.91 Å². The number of aliphatic hydroxyl groups is 1. The van der Waals surface area contributed by atoms with E-state index in [1.807, 2.05) is 0 Å². The molecule has 0 bridgehead atoms. The van der Waals surface area contributed by atoms with Crippen molar-refractivity contribution in [3.63, 3.8) is 0 Å². The molecule has 0 saturated carbocycles. The lowest BCUT2D eigenvalue weighted by molar-refractivity contribution is 0.0933. The number of furan rings is 1. The number of carbonyl (C=O) groups excluding carboxylic acids is 1. The Morgan fingerprint density at radius 2 is 2.12 bits per heavy atom. The van der Waals surface area contributed by atoms with Crippen LogP contribution in [0.25, 0.3) is 11.5 Å². The Morgan fingerprint density at radius 1 is 1.25 bits per heavy atom. The van der Waals surface area contributed by atoms with Gasteiger partial charge in [0.15, 0.2) is 11.5 Å². The highest BCUT2D eigenvalue weighted by atomic mass is 35.5. The monoisotopic (exact) mass is 346 g/mol. The van der Waals surface area contributed by atoms with Crippen LogP contribution in [0.2, 0.25) is 5.02 Å². The van der Waals surface area contributed by atoms with E-state index in [-0.39, 0.29) is 18.1 Å². The number of benzene rings is 1. The first kappa shape index (κ1) is 16.3. The van der Waals surface area contributed by atoms with Crippen molar-refractivity contribution in [2.24, 2.45) is 0 Å². The van der Waals surface area contributed by atoms with Crippen molar-refractivity contribution in [1.29, 1.82) is 0 Å². The second kappa shape index (κ2) is 7.33. The number of hydrogen-bond acceptors (Lipinski definition) is 5. The van der Waals surface area contributed by atoms with Crippen molar-refractivity contribution in [2.45, 2.75) is 12.5 Å². The highest BCUT2D eigenvalue weighted by Gasteiger charge is 2.15. The lowest BCUT2D eigenvalue weighted by Crippen LogP contribution is -2.25. The zero-order valence-corrected chi connectivity index (χ0v) is 13.4. The average Bonchev–Trinajstić information content (AvgIpc) is 3.25. The molecule has 2 N–H and O–H groups in total. The zero-order chi connectivity index (χ0) is 16.9. The third-order valence-corrected chi connectivity index (χ3v) is 3.68. The van der Waals surface area contributed by atoms with Gasteiger partial charge in [-0.2, -0.15) is 0 Å². The van der Waals surface area contributed by atoms with E-state index in [1.165, 1.54) is 12.3 Å². The number of nitrogens with zero attached hydrogens (tertiary/aromatic N) is 1. The average molecular weight is 347 g/mol. The van der Waals surface area contributed by atoms with Gasteiger partial charge in [0.05, 0.1) is 12.4 Å². The van der Waals surface area contributed by atoms with E-state index in [4.69, 9.17) is 20.5 Å². The highest BCUT2D eigenvalue weighted by Crippen LogP contribution is 2.21. The summed E-state index contributed by atoms with van der Waals surface area (Å²) in [4.78, 5) is 12.0. The molecule has 3 aromatic rings. The van der Waals surface area contributed by atoms with Gasteiger partial charge in [-0.15, -0.1) is 0 Å². The number of halogens is 1. The van der Waals surface area contributed by atoms with Crippen molar-refractivity contribution in [3.8, 4) is 11.5 Å². The molecule has 0 aliphatic rings. The van der Waals surface area contributed by atoms with E-state index in [0.29, 0.717) is 28.5 Å². The summed E-state index contributed by atoms with van der Waals surface area (Å²) in [7, 11) is 0. The van der Waals surface area contributed by atoms with Gasteiger partial charge in [-0.1, -0.05) is 28.9 Å². The molecule has 0 aliphatic heterocycles. The van der Waals surface area contributed by atoms with E-state index in [2.05, 4.69) is 10.5 Å². The minimum Gasteiger partial charge on any atom is -0.461 e. The molecule has 0 radical (unpaired) electrons. The largest absolute Gasteiger partial charge is 0.461 e. The lowest BCUT2D eigenvalue weighted by Gasteiger charge is -2.11. The maximum Gasteiger partial charge on any atom is 0.273 e. The minimum atomic E-state index is -0.708. The van der Waals surface area contributed by atoms with Crippen LogP contribution in [-0.2, 0) is 0 Å². The fraction of sp³-hybridized carbons (Fsp3) is 0.176. The fourth-order valence-corrected chi connectivity index (χ4v) is 2.41. The fourth-order valence-electron chi connectivity index (χ4n) is 2.21. The molecule has 0 saturated heterocycles. The molecular weight excluding hydrogens is 332 g/mol. The van der Waals surface area contributed by atoms with Crippen LogP contribution in [0.15, 0.2) is 57.7 Å². The SMILES string of the molecule is O=C(NCC[C@@H](O)c1cccc(Cl)c1)c1cc(-c2ccco2)on1. The molecule has 0 aliphatic carbocycles. The van der Waals surface area contributed by atoms with Gasteiger partial charge in [0.1, 0.15) is 0 Å². The molecule has 1 atom stereocenters. The summed E-state index contributed by atoms with van der Waals surface area (Å²) in [6.07, 6.45) is 1.16. The Morgan fingerprint density at radius 3 is 2.88 bits per heavy atom. The molecule has 1 amide bonds. The molecular formula is C17H15ClN2O4. The number of hydrogen-bond donors (Lipinski definition) is 2. The maximum atomic E-state index is 12.0. The number of aliphatic hydroxyl groups excluding tert-OH is 1. The lowest BCUT2D eigenvalue weighted by atomic mass is 10.1. The van der Waals surface area contributed by atoms with Crippen molar-refractivity contribution in [3.05, 3.63) is 65.0 Å². The van der Waals surface area contributed by atoms with Gasteiger partial charge in [0, 0.05) is 17.6 Å². The first-order chi connectivity index (χ1) is 11.6. The van der Waals surface area contributed by atoms with Crippen molar-refractivity contribution in [1.82, 2.24) is 10.5 Å². The van der Waals surface area contributed by atoms with Crippen LogP contribution in [0.4, 0.5) is 0 Å². The Labute approximate surface area is 143 Å². The van der Waals surface area contributed by atoms with Gasteiger partial charge in [-0.05, 0) is 36.2 Å². The predicted octanol–water partition coefficient (Wildman–Crippen LogP) is 3.44. The zero-order valence-electron chi connectivity index (χ0n) is 12.6. The van der Waals surface area contributed by atoms with Gasteiger partial charge in [-0.3, -0.25) is 4.79 Å². The third-order valence-electron chi connectivity index (χ3n) is 3.44. The normalized spacial score (nSPS) is 12.1. The van der Waals surface area contributed by atoms with Gasteiger partial charge in [0.2, 0.25) is 5.76 Å². The van der Waals surface area contributed by atoms with Crippen LogP contribution < -0.4 is 5.32 Å². The summed E-state index contributed by atoms with van der Waals surface area (Å²) in [5.41, 5.74) is 0.858. The molecule has 1 aromatic carbocycles. The van der Waals surface area contributed by atoms with E-state index >= 15 is 0 Å². The first-order valence-electron chi connectivity index (χ1n) is 7.36. The number of carbonyl (C=O) groups is 1. The second-order valence-electron chi connectivity index (χ2n) is 5.17. The molecule has 124 valence electrons. The van der Waals surface area contributed by atoms with Crippen molar-refractivity contribution >= 4 is 17.5 Å². The Hall–Kier alpha value is -2.57. The van der Waals surface area contributed by atoms with E-state index < -0.39 is 6.10 Å². The molecule has 3 rings (SSSR count). The van der Waals surface area contributed by atoms with Crippen LogP contribution in [0.1, 0.15) is 28.6 Å². The van der Waals surface area contributed by atoms with Crippen molar-refractivity contribution < 1.29 is 18.8 Å². The van der Waals surface area contributed by atoms with Gasteiger partial charge in [-0.25, -0.2) is 0 Å². The van der Waals surface area contributed by atoms with E-state index in [0.717, 1.165) is 0 Å². The molecule has 2 aromatic heterocycles. The van der Waals surface area contributed by atoms with Crippen molar-refractivity contribution in [2.75, 3.05) is 6.54 Å². The summed E-state index contributed by atoms with van der Waals surface area (Å²) in [5, 5.41) is 17.1. The Kier molecular flexibility index (Phi) is 4.98. The summed E-state index contributed by atoms with van der Waals surface area (Å²) < 4.78 is 10.2. The first-order valence-corrected chi connectivity index (χ1v) is 7.73. The molecule has 2 heterocycles. The van der Waals surface area contributed by atoms with Crippen LogP contribution in [0, 0.1) is 0 Å². The molecule has 0 unspecified atom stereocenters. The van der Waals surface area contributed by atoms with Crippen LogP contribution in [0.3, 0.4) is 0 Å². The van der Waals surface area contributed by atoms with Crippen LogP contribution in [-0.4, -0.2) is 22.7 Å². The molecule has 7 heteroatoms. The second-order valence-corrected chi connectivity index (χ2v) is 5.61. The van der Waals surface area contributed by atoms with Crippen LogP contribution >= 0.6 is 11.6 Å². The highest BCUT2D eigenvalue weighted by molar-refractivity contribution is 6.30. The quantitative estimate of drug-likeness (QED) is 0.713. The molecule has 0 spiro atoms.